The molecule has 5 nitrogen and oxygen atoms in total. The first-order valence-corrected chi connectivity index (χ1v) is 7.51. The molecular formula is C14H17BrN2O3. The SMILES string of the molecule is CCc1c(Br)c(CC)c([N+](=O)[O-])c2c1CCN2C(C)=O. The van der Waals surface area contributed by atoms with E-state index in [2.05, 4.69) is 15.9 Å². The molecule has 1 aliphatic rings. The van der Waals surface area contributed by atoms with Gasteiger partial charge in [-0.2, -0.15) is 0 Å². The predicted octanol–water partition coefficient (Wildman–Crippen LogP) is 3.39. The number of benzene rings is 1. The minimum atomic E-state index is -0.358. The van der Waals surface area contributed by atoms with Crippen LogP contribution in [0, 0.1) is 10.1 Å². The van der Waals surface area contributed by atoms with Crippen LogP contribution < -0.4 is 4.90 Å². The summed E-state index contributed by atoms with van der Waals surface area (Å²) in [6.45, 7) is 5.91. The van der Waals surface area contributed by atoms with Crippen molar-refractivity contribution in [1.82, 2.24) is 0 Å². The zero-order chi connectivity index (χ0) is 15.0. The number of hydrogen-bond donors (Lipinski definition) is 0. The molecule has 0 aliphatic carbocycles. The predicted molar refractivity (Wildman–Crippen MR) is 81.3 cm³/mol. The van der Waals surface area contributed by atoms with Gasteiger partial charge >= 0.3 is 0 Å². The van der Waals surface area contributed by atoms with E-state index in [-0.39, 0.29) is 16.5 Å². The van der Waals surface area contributed by atoms with Crippen LogP contribution in [0.4, 0.5) is 11.4 Å². The lowest BCUT2D eigenvalue weighted by Crippen LogP contribution is -2.26. The second-order valence-electron chi connectivity index (χ2n) is 4.83. The molecule has 0 unspecified atom stereocenters. The number of amides is 1. The van der Waals surface area contributed by atoms with Crippen molar-refractivity contribution >= 4 is 33.2 Å². The van der Waals surface area contributed by atoms with Crippen LogP contribution in [0.1, 0.15) is 37.5 Å². The van der Waals surface area contributed by atoms with Crippen molar-refractivity contribution in [3.8, 4) is 0 Å². The van der Waals surface area contributed by atoms with E-state index in [0.29, 0.717) is 30.6 Å². The fourth-order valence-electron chi connectivity index (χ4n) is 2.95. The fraction of sp³-hybridized carbons (Fsp3) is 0.500. The van der Waals surface area contributed by atoms with Crippen LogP contribution in [0.2, 0.25) is 0 Å². The van der Waals surface area contributed by atoms with Gasteiger partial charge in [0.15, 0.2) is 0 Å². The molecule has 0 spiro atoms. The monoisotopic (exact) mass is 340 g/mol. The summed E-state index contributed by atoms with van der Waals surface area (Å²) in [5.41, 5.74) is 3.31. The highest BCUT2D eigenvalue weighted by atomic mass is 79.9. The molecule has 1 aromatic rings. The summed E-state index contributed by atoms with van der Waals surface area (Å²) in [6.07, 6.45) is 2.03. The van der Waals surface area contributed by atoms with Gasteiger partial charge in [0, 0.05) is 23.5 Å². The van der Waals surface area contributed by atoms with E-state index in [9.17, 15) is 14.9 Å². The fourth-order valence-corrected chi connectivity index (χ4v) is 3.93. The number of halogens is 1. The minimum Gasteiger partial charge on any atom is -0.306 e. The Morgan fingerprint density at radius 1 is 1.35 bits per heavy atom. The van der Waals surface area contributed by atoms with Crippen molar-refractivity contribution < 1.29 is 9.72 Å². The molecule has 1 aromatic carbocycles. The minimum absolute atomic E-state index is 0.0827. The molecule has 1 aliphatic heterocycles. The van der Waals surface area contributed by atoms with Gasteiger partial charge < -0.3 is 4.90 Å². The first kappa shape index (κ1) is 15.0. The molecule has 20 heavy (non-hydrogen) atoms. The number of nitrogens with zero attached hydrogens (tertiary/aromatic N) is 2. The Hall–Kier alpha value is -1.43. The number of anilines is 1. The Bertz CT molecular complexity index is 599. The molecule has 1 heterocycles. The molecule has 6 heteroatoms. The van der Waals surface area contributed by atoms with E-state index < -0.39 is 0 Å². The van der Waals surface area contributed by atoms with Gasteiger partial charge in [-0.05, 0) is 46.3 Å². The first-order chi connectivity index (χ1) is 9.43. The Balaban J connectivity index is 2.86. The van der Waals surface area contributed by atoms with Crippen LogP contribution in [-0.4, -0.2) is 17.4 Å². The first-order valence-electron chi connectivity index (χ1n) is 6.72. The Labute approximate surface area is 126 Å². The summed E-state index contributed by atoms with van der Waals surface area (Å²) < 4.78 is 0.832. The highest BCUT2D eigenvalue weighted by molar-refractivity contribution is 9.10. The topological polar surface area (TPSA) is 63.5 Å². The lowest BCUT2D eigenvalue weighted by molar-refractivity contribution is -0.384. The summed E-state index contributed by atoms with van der Waals surface area (Å²) in [5, 5.41) is 11.5. The van der Waals surface area contributed by atoms with Crippen LogP contribution >= 0.6 is 15.9 Å². The number of nitro benzene ring substituents is 1. The van der Waals surface area contributed by atoms with E-state index in [1.807, 2.05) is 13.8 Å². The normalized spacial score (nSPS) is 13.5. The van der Waals surface area contributed by atoms with Crippen molar-refractivity contribution in [2.24, 2.45) is 0 Å². The highest BCUT2D eigenvalue weighted by Gasteiger charge is 2.36. The number of rotatable bonds is 3. The standard InChI is InChI=1S/C14H17BrN2O3/c1-4-9-11-6-7-16(8(3)18)13(11)14(17(19)20)10(5-2)12(9)15/h4-7H2,1-3H3. The maximum atomic E-state index is 11.8. The molecule has 0 N–H and O–H groups in total. The van der Waals surface area contributed by atoms with Gasteiger partial charge in [-0.25, -0.2) is 0 Å². The third-order valence-electron chi connectivity index (χ3n) is 3.82. The zero-order valence-electron chi connectivity index (χ0n) is 11.8. The van der Waals surface area contributed by atoms with Crippen molar-refractivity contribution in [1.29, 1.82) is 0 Å². The van der Waals surface area contributed by atoms with Gasteiger partial charge in [-0.1, -0.05) is 13.8 Å². The molecule has 0 fully saturated rings. The maximum Gasteiger partial charge on any atom is 0.297 e. The third kappa shape index (κ3) is 2.12. The van der Waals surface area contributed by atoms with Gasteiger partial charge in [-0.3, -0.25) is 14.9 Å². The lowest BCUT2D eigenvalue weighted by Gasteiger charge is -2.19. The molecule has 108 valence electrons. The average Bonchev–Trinajstić information content (AvgIpc) is 2.81. The van der Waals surface area contributed by atoms with Crippen LogP contribution in [0.5, 0.6) is 0 Å². The lowest BCUT2D eigenvalue weighted by atomic mass is 9.96. The second kappa shape index (κ2) is 5.52. The van der Waals surface area contributed by atoms with Crippen molar-refractivity contribution in [2.75, 3.05) is 11.4 Å². The molecule has 0 bridgehead atoms. The summed E-state index contributed by atoms with van der Waals surface area (Å²) in [5.74, 6) is -0.140. The van der Waals surface area contributed by atoms with Crippen LogP contribution in [0.25, 0.3) is 0 Å². The Morgan fingerprint density at radius 3 is 2.40 bits per heavy atom. The zero-order valence-corrected chi connectivity index (χ0v) is 13.4. The maximum absolute atomic E-state index is 11.8. The molecule has 1 amide bonds. The van der Waals surface area contributed by atoms with Gasteiger partial charge in [0.1, 0.15) is 5.69 Å². The smallest absolute Gasteiger partial charge is 0.297 e. The molecule has 2 rings (SSSR count). The Morgan fingerprint density at radius 2 is 1.95 bits per heavy atom. The number of nitro groups is 1. The summed E-state index contributed by atoms with van der Waals surface area (Å²) in [7, 11) is 0. The van der Waals surface area contributed by atoms with E-state index in [4.69, 9.17) is 0 Å². The molecule has 0 atom stereocenters. The average molecular weight is 341 g/mol. The summed E-state index contributed by atoms with van der Waals surface area (Å²) in [6, 6.07) is 0. The molecular weight excluding hydrogens is 324 g/mol. The van der Waals surface area contributed by atoms with Gasteiger partial charge in [0.25, 0.3) is 5.69 Å². The van der Waals surface area contributed by atoms with Crippen LogP contribution in [0.3, 0.4) is 0 Å². The highest BCUT2D eigenvalue weighted by Crippen LogP contribution is 2.46. The van der Waals surface area contributed by atoms with E-state index in [1.54, 1.807) is 0 Å². The summed E-state index contributed by atoms with van der Waals surface area (Å²) in [4.78, 5) is 24.4. The summed E-state index contributed by atoms with van der Waals surface area (Å²) >= 11 is 3.52. The molecule has 0 saturated carbocycles. The second-order valence-corrected chi connectivity index (χ2v) is 5.62. The van der Waals surface area contributed by atoms with Gasteiger partial charge in [-0.15, -0.1) is 0 Å². The molecule has 0 radical (unpaired) electrons. The van der Waals surface area contributed by atoms with Crippen molar-refractivity contribution in [3.05, 3.63) is 31.3 Å². The quantitative estimate of drug-likeness (QED) is 0.625. The van der Waals surface area contributed by atoms with Crippen LogP contribution in [0.15, 0.2) is 4.47 Å². The largest absolute Gasteiger partial charge is 0.306 e. The number of carbonyl (C=O) groups is 1. The van der Waals surface area contributed by atoms with Crippen LogP contribution in [-0.2, 0) is 24.1 Å². The Kier molecular flexibility index (Phi) is 4.13. The van der Waals surface area contributed by atoms with E-state index >= 15 is 0 Å². The molecule has 0 aromatic heterocycles. The van der Waals surface area contributed by atoms with E-state index in [0.717, 1.165) is 22.0 Å². The van der Waals surface area contributed by atoms with Gasteiger partial charge in [0.2, 0.25) is 5.91 Å². The number of carbonyl (C=O) groups excluding carboxylic acids is 1. The van der Waals surface area contributed by atoms with Crippen molar-refractivity contribution in [2.45, 2.75) is 40.0 Å². The van der Waals surface area contributed by atoms with E-state index in [1.165, 1.54) is 11.8 Å². The number of fused-ring (bicyclic) bond motifs is 1. The third-order valence-corrected chi connectivity index (χ3v) is 4.77. The molecule has 0 saturated heterocycles. The van der Waals surface area contributed by atoms with Crippen molar-refractivity contribution in [3.63, 3.8) is 0 Å². The number of hydrogen-bond acceptors (Lipinski definition) is 3. The van der Waals surface area contributed by atoms with Gasteiger partial charge in [0.05, 0.1) is 4.92 Å².